The Balaban J connectivity index is 1.07. The van der Waals surface area contributed by atoms with E-state index in [1.54, 1.807) is 43.5 Å². The third kappa shape index (κ3) is 13.3. The van der Waals surface area contributed by atoms with Crippen molar-refractivity contribution in [1.29, 1.82) is 0 Å². The third-order valence-corrected chi connectivity index (χ3v) is 14.7. The number of halogens is 2. The molecule has 9 unspecified atom stereocenters. The molecule has 4 aromatic rings. The van der Waals surface area contributed by atoms with E-state index in [-0.39, 0.29) is 49.2 Å². The lowest BCUT2D eigenvalue weighted by Crippen LogP contribution is -2.67. The average Bonchev–Trinajstić information content (AvgIpc) is 4.17. The standard InChI is InChI=1S/C51H68F2N8O19/c1-5-9-32(48(72)73)76-46-37(55-24(4)64)49(78-35(21-63)41(46)67)77-33-17-27(16-31(60-18-29(56-58-60)25-10-7-6-8-11-25)45(33)80-51-44(70)43(69)39(65)23(3)75-51)47(71)54-12-13-74-50-42(68)38(40(66)34(20-62)79-50)61-19-30(57-59-61)26-14-22(2)36(53)28(52)15-26/h6-8,10-11,14-15,18-19,23,27,31-35,37-46,49-51,62-63,65-70H,5,9,12-13,16-17,20-21H2,1-4H3,(H,54,71)(H,55,64)(H,72,73)/t23?,27?,31?,32-,33+,34?,35-,37?,38?,39+,40+,41-,42?,43-,44?,45+,46?,49+,50-,51-/m0/s1. The van der Waals surface area contributed by atoms with Gasteiger partial charge in [-0.3, -0.25) is 9.59 Å². The quantitative estimate of drug-likeness (QED) is 0.0417. The van der Waals surface area contributed by atoms with Gasteiger partial charge < -0.3 is 89.8 Å². The molecule has 8 rings (SSSR count). The summed E-state index contributed by atoms with van der Waals surface area (Å²) in [5, 5.41) is 120. The second kappa shape index (κ2) is 26.5. The van der Waals surface area contributed by atoms with Gasteiger partial charge in [-0.05, 0) is 50.8 Å². The topological polar surface area (TPSA) is 383 Å². The highest BCUT2D eigenvalue weighted by atomic mass is 19.2. The van der Waals surface area contributed by atoms with Gasteiger partial charge >= 0.3 is 5.97 Å². The van der Waals surface area contributed by atoms with E-state index in [0.29, 0.717) is 17.7 Å². The summed E-state index contributed by atoms with van der Waals surface area (Å²) in [5.74, 6) is -5.89. The first kappa shape index (κ1) is 60.5. The van der Waals surface area contributed by atoms with Crippen LogP contribution in [0, 0.1) is 24.5 Å². The number of carboxylic acid groups (broad SMARTS) is 1. The molecule has 2 aromatic carbocycles. The summed E-state index contributed by atoms with van der Waals surface area (Å²) in [6.45, 7) is 3.50. The van der Waals surface area contributed by atoms with E-state index in [4.69, 9.17) is 33.2 Å². The first-order valence-corrected chi connectivity index (χ1v) is 26.2. The van der Waals surface area contributed by atoms with E-state index >= 15 is 0 Å². The lowest BCUT2D eigenvalue weighted by Gasteiger charge is -2.49. The molecular formula is C51H68F2N8O19. The first-order chi connectivity index (χ1) is 38.2. The second-order valence-electron chi connectivity index (χ2n) is 20.3. The molecule has 1 aliphatic carbocycles. The highest BCUT2D eigenvalue weighted by Gasteiger charge is 2.54. The fourth-order valence-electron chi connectivity index (χ4n) is 10.5. The Bertz CT molecular complexity index is 2690. The third-order valence-electron chi connectivity index (χ3n) is 14.7. The van der Waals surface area contributed by atoms with Crippen LogP contribution in [0.1, 0.15) is 64.1 Å². The minimum atomic E-state index is -1.85. The zero-order valence-electron chi connectivity index (χ0n) is 43.9. The Labute approximate surface area is 456 Å². The van der Waals surface area contributed by atoms with Gasteiger partial charge in [0.05, 0.1) is 50.5 Å². The van der Waals surface area contributed by atoms with Gasteiger partial charge in [-0.25, -0.2) is 22.9 Å². The normalized spacial score (nSPS) is 34.1. The highest BCUT2D eigenvalue weighted by Crippen LogP contribution is 2.41. The summed E-state index contributed by atoms with van der Waals surface area (Å²) in [7, 11) is 0. The van der Waals surface area contributed by atoms with Gasteiger partial charge in [0, 0.05) is 30.5 Å². The summed E-state index contributed by atoms with van der Waals surface area (Å²) >= 11 is 0. The van der Waals surface area contributed by atoms with Crippen molar-refractivity contribution in [2.45, 2.75) is 170 Å². The molecular weight excluding hydrogens is 1070 g/mol. The monoisotopic (exact) mass is 1130 g/mol. The molecule has 27 nitrogen and oxygen atoms in total. The van der Waals surface area contributed by atoms with Crippen molar-refractivity contribution in [2.75, 3.05) is 26.4 Å². The predicted molar refractivity (Wildman–Crippen MR) is 266 cm³/mol. The molecule has 2 amide bonds. The number of rotatable bonds is 21. The molecule has 0 bridgehead atoms. The molecule has 0 spiro atoms. The molecule has 5 heterocycles. The lowest BCUT2D eigenvalue weighted by molar-refractivity contribution is -0.337. The zero-order chi connectivity index (χ0) is 57.7. The number of aliphatic hydroxyl groups is 8. The SMILES string of the molecule is CCC[C@H](OC1C(NC(C)=O)[C@H](O[C@@H]2CC(C(=O)NCCO[C@H]3OC(CO)[C@@H](O)C(n4cc(-c5cc(C)c(F)c(F)c5)nn4)C3O)CC(n3cc(-c4ccccc4)nn3)[C@H]2O[C@@H]2OC(C)[C@@H](O)[C@H](O)C2O)O[C@@H](CO)[C@@H]1O)C(=O)O. The van der Waals surface area contributed by atoms with E-state index in [1.807, 2.05) is 0 Å². The molecule has 29 heteroatoms. The summed E-state index contributed by atoms with van der Waals surface area (Å²) in [6.07, 6.45) is -21.9. The summed E-state index contributed by atoms with van der Waals surface area (Å²) < 4.78 is 73.8. The molecule has 4 fully saturated rings. The minimum Gasteiger partial charge on any atom is -0.479 e. The van der Waals surface area contributed by atoms with Crippen LogP contribution in [0.2, 0.25) is 0 Å². The Hall–Kier alpha value is -5.61. The van der Waals surface area contributed by atoms with Crippen LogP contribution in [0.4, 0.5) is 8.78 Å². The number of carbonyl (C=O) groups is 3. The largest absolute Gasteiger partial charge is 0.479 e. The van der Waals surface area contributed by atoms with Gasteiger partial charge in [-0.2, -0.15) is 0 Å². The fraction of sp³-hybridized carbons (Fsp3) is 0.627. The van der Waals surface area contributed by atoms with E-state index < -0.39 is 165 Å². The maximum atomic E-state index is 14.6. The van der Waals surface area contributed by atoms with Gasteiger partial charge in [-0.1, -0.05) is 54.1 Å². The van der Waals surface area contributed by atoms with Crippen LogP contribution in [-0.2, 0) is 47.5 Å². The number of ether oxygens (including phenoxy) is 7. The number of amides is 2. The summed E-state index contributed by atoms with van der Waals surface area (Å²) in [6, 6.07) is 7.27. The van der Waals surface area contributed by atoms with Gasteiger partial charge in [0.1, 0.15) is 84.5 Å². The van der Waals surface area contributed by atoms with Crippen molar-refractivity contribution in [1.82, 2.24) is 40.6 Å². The van der Waals surface area contributed by atoms with Gasteiger partial charge in [0.2, 0.25) is 11.8 Å². The number of aliphatic hydroxyl groups excluding tert-OH is 8. The van der Waals surface area contributed by atoms with Crippen molar-refractivity contribution >= 4 is 17.8 Å². The highest BCUT2D eigenvalue weighted by molar-refractivity contribution is 5.79. The maximum Gasteiger partial charge on any atom is 0.332 e. The molecule has 3 saturated heterocycles. The molecule has 80 heavy (non-hydrogen) atoms. The molecule has 1 saturated carbocycles. The van der Waals surface area contributed by atoms with Crippen molar-refractivity contribution in [3.8, 4) is 22.5 Å². The van der Waals surface area contributed by atoms with Crippen LogP contribution in [-0.4, -0.2) is 224 Å². The number of hydrogen-bond acceptors (Lipinski definition) is 22. The maximum absolute atomic E-state index is 14.6. The lowest BCUT2D eigenvalue weighted by atomic mass is 9.80. The number of aromatic nitrogens is 6. The molecule has 20 atom stereocenters. The van der Waals surface area contributed by atoms with Crippen molar-refractivity contribution in [3.05, 3.63) is 72.1 Å². The second-order valence-corrected chi connectivity index (χ2v) is 20.3. The number of carbonyl (C=O) groups excluding carboxylic acids is 2. The van der Waals surface area contributed by atoms with Crippen molar-refractivity contribution in [2.24, 2.45) is 5.92 Å². The number of hydrogen-bond donors (Lipinski definition) is 11. The number of aliphatic carboxylic acids is 1. The number of aryl methyl sites for hydroxylation is 1. The fourth-order valence-corrected chi connectivity index (χ4v) is 10.5. The van der Waals surface area contributed by atoms with Crippen molar-refractivity contribution in [3.63, 3.8) is 0 Å². The van der Waals surface area contributed by atoms with Gasteiger partial charge in [0.25, 0.3) is 0 Å². The van der Waals surface area contributed by atoms with Gasteiger partial charge in [-0.15, -0.1) is 10.2 Å². The summed E-state index contributed by atoms with van der Waals surface area (Å²) in [4.78, 5) is 39.9. The van der Waals surface area contributed by atoms with E-state index in [9.17, 15) is 69.1 Å². The number of carboxylic acids is 1. The van der Waals surface area contributed by atoms with Crippen LogP contribution < -0.4 is 10.6 Å². The number of nitrogens with zero attached hydrogens (tertiary/aromatic N) is 6. The molecule has 2 aromatic heterocycles. The van der Waals surface area contributed by atoms with Crippen LogP contribution in [0.15, 0.2) is 54.9 Å². The van der Waals surface area contributed by atoms with E-state index in [1.165, 1.54) is 30.8 Å². The van der Waals surface area contributed by atoms with Gasteiger partial charge in [0.15, 0.2) is 36.6 Å². The minimum absolute atomic E-state index is 0.00229. The number of benzene rings is 2. The van der Waals surface area contributed by atoms with Crippen LogP contribution in [0.5, 0.6) is 0 Å². The molecule has 4 aliphatic rings. The Morgan fingerprint density at radius 1 is 0.787 bits per heavy atom. The summed E-state index contributed by atoms with van der Waals surface area (Å²) in [5.41, 5.74) is 1.27. The molecule has 0 radical (unpaired) electrons. The van der Waals surface area contributed by atoms with E-state index in [0.717, 1.165) is 17.7 Å². The first-order valence-electron chi connectivity index (χ1n) is 26.2. The van der Waals surface area contributed by atoms with Crippen molar-refractivity contribution < 1.29 is 102 Å². The molecule has 3 aliphatic heterocycles. The zero-order valence-corrected chi connectivity index (χ0v) is 43.9. The van der Waals surface area contributed by atoms with Crippen LogP contribution in [0.25, 0.3) is 22.5 Å². The Morgan fingerprint density at radius 2 is 1.45 bits per heavy atom. The van der Waals surface area contributed by atoms with E-state index in [2.05, 4.69) is 31.3 Å². The molecule has 440 valence electrons. The smallest absolute Gasteiger partial charge is 0.332 e. The molecule has 11 N–H and O–H groups in total. The average molecular weight is 1140 g/mol. The number of nitrogens with one attached hydrogen (secondary N) is 2. The predicted octanol–water partition coefficient (Wildman–Crippen LogP) is -1.63. The Morgan fingerprint density at radius 3 is 2.11 bits per heavy atom. The van der Waals surface area contributed by atoms with Crippen LogP contribution in [0.3, 0.4) is 0 Å². The Kier molecular flexibility index (Phi) is 20.1. The van der Waals surface area contributed by atoms with Crippen LogP contribution >= 0.6 is 0 Å².